The summed E-state index contributed by atoms with van der Waals surface area (Å²) in [6.07, 6.45) is 0. The summed E-state index contributed by atoms with van der Waals surface area (Å²) in [6, 6.07) is 55.1. The van der Waals surface area contributed by atoms with Gasteiger partial charge in [-0.1, -0.05) is 115 Å². The van der Waals surface area contributed by atoms with Crippen LogP contribution in [0.5, 0.6) is 0 Å². The molecule has 52 heavy (non-hydrogen) atoms. The summed E-state index contributed by atoms with van der Waals surface area (Å²) in [5.74, 6) is 0. The molecule has 5 heteroatoms. The second-order valence-electron chi connectivity index (χ2n) is 14.5. The Morgan fingerprint density at radius 1 is 0.481 bits per heavy atom. The van der Waals surface area contributed by atoms with Gasteiger partial charge in [0.1, 0.15) is 0 Å². The highest BCUT2D eigenvalue weighted by Crippen LogP contribution is 2.52. The number of hydrogen-bond acceptors (Lipinski definition) is 3. The molecule has 5 heterocycles. The molecule has 0 N–H and O–H groups in total. The Kier molecular flexibility index (Phi) is 5.19. The van der Waals surface area contributed by atoms with Gasteiger partial charge >= 0.3 is 6.85 Å². The topological polar surface area (TPSA) is 8.17 Å². The second kappa shape index (κ2) is 9.71. The standard InChI is InChI=1S/C47H27BN2S2/c1-26-24-35-42-37(23-22-34-30-13-5-7-19-41(30)52-47(34)42)50(38-17-9-15-33-29-12-4-6-18-40(29)51-46(33)38)48-36-16-8-14-31-32-21-20-27-10-2-3-11-28(27)44(32)49(45(31)36)39(25-26)43(35)48/h2-25H,1H3. The fraction of sp³-hybridized carbons (Fsp3) is 0.0213. The molecule has 0 radical (unpaired) electrons. The third-order valence-electron chi connectivity index (χ3n) is 11.8. The van der Waals surface area contributed by atoms with Gasteiger partial charge < -0.3 is 9.38 Å². The Bertz CT molecular complexity index is 3400. The van der Waals surface area contributed by atoms with Crippen LogP contribution in [-0.4, -0.2) is 11.4 Å². The van der Waals surface area contributed by atoms with E-state index in [0.29, 0.717) is 0 Å². The molecule has 8 aromatic carbocycles. The summed E-state index contributed by atoms with van der Waals surface area (Å²) < 4.78 is 8.00. The number of aromatic nitrogens is 1. The van der Waals surface area contributed by atoms with Crippen molar-refractivity contribution in [3.63, 3.8) is 0 Å². The Morgan fingerprint density at radius 2 is 1.13 bits per heavy atom. The molecular formula is C47H27BN2S2. The van der Waals surface area contributed by atoms with E-state index in [1.54, 1.807) is 0 Å². The van der Waals surface area contributed by atoms with Crippen molar-refractivity contribution in [2.75, 3.05) is 4.81 Å². The van der Waals surface area contributed by atoms with Gasteiger partial charge in [-0.2, -0.15) is 0 Å². The van der Waals surface area contributed by atoms with Crippen LogP contribution in [0.4, 0.5) is 11.4 Å². The Morgan fingerprint density at radius 3 is 1.98 bits per heavy atom. The lowest BCUT2D eigenvalue weighted by Gasteiger charge is -2.42. The van der Waals surface area contributed by atoms with Crippen LogP contribution in [0.1, 0.15) is 5.56 Å². The SMILES string of the molecule is Cc1cc2c3c(c1)-n1c4c(cccc4c4ccc5ccccc5c41)B3N(c1cccc3c1sc1ccccc13)c1ccc3c(sc4ccccc43)c1-2. The zero-order valence-electron chi connectivity index (χ0n) is 28.1. The van der Waals surface area contributed by atoms with Crippen LogP contribution in [0.15, 0.2) is 146 Å². The first-order valence-electron chi connectivity index (χ1n) is 18.0. The fourth-order valence-electron chi connectivity index (χ4n) is 9.77. The average Bonchev–Trinajstić information content (AvgIpc) is 3.87. The summed E-state index contributed by atoms with van der Waals surface area (Å²) in [6.45, 7) is 2.27. The highest BCUT2D eigenvalue weighted by atomic mass is 32.1. The lowest BCUT2D eigenvalue weighted by atomic mass is 9.44. The number of anilines is 2. The summed E-state index contributed by atoms with van der Waals surface area (Å²) in [4.78, 5) is 2.71. The predicted octanol–water partition coefficient (Wildman–Crippen LogP) is 12.2. The lowest BCUT2D eigenvalue weighted by Crippen LogP contribution is -2.60. The minimum absolute atomic E-state index is 0.00693. The van der Waals surface area contributed by atoms with Gasteiger partial charge in [-0.05, 0) is 64.7 Å². The summed E-state index contributed by atoms with van der Waals surface area (Å²) in [5, 5.41) is 10.5. The quantitative estimate of drug-likeness (QED) is 0.155. The van der Waals surface area contributed by atoms with Gasteiger partial charge in [0.05, 0.1) is 15.7 Å². The molecule has 3 aromatic heterocycles. The molecule has 0 amide bonds. The second-order valence-corrected chi connectivity index (χ2v) is 16.6. The molecule has 2 nitrogen and oxygen atoms in total. The van der Waals surface area contributed by atoms with Crippen molar-refractivity contribution >= 4 is 125 Å². The molecule has 0 spiro atoms. The molecule has 2 aliphatic rings. The Balaban J connectivity index is 1.26. The van der Waals surface area contributed by atoms with Crippen molar-refractivity contribution < 1.29 is 0 Å². The molecule has 0 aliphatic carbocycles. The smallest absolute Gasteiger partial charge is 0.333 e. The molecule has 0 fully saturated rings. The number of benzene rings is 8. The van der Waals surface area contributed by atoms with Gasteiger partial charge in [0, 0.05) is 74.4 Å². The molecule has 0 atom stereocenters. The number of fused-ring (bicyclic) bond motifs is 16. The van der Waals surface area contributed by atoms with Gasteiger partial charge in [0.15, 0.2) is 0 Å². The molecular weight excluding hydrogens is 667 g/mol. The van der Waals surface area contributed by atoms with Crippen LogP contribution < -0.4 is 15.7 Å². The van der Waals surface area contributed by atoms with Crippen molar-refractivity contribution in [1.82, 2.24) is 4.57 Å². The van der Waals surface area contributed by atoms with Gasteiger partial charge in [0.25, 0.3) is 0 Å². The maximum absolute atomic E-state index is 2.71. The van der Waals surface area contributed by atoms with Crippen LogP contribution in [0.2, 0.25) is 0 Å². The maximum atomic E-state index is 2.71. The van der Waals surface area contributed by atoms with Crippen LogP contribution in [-0.2, 0) is 0 Å². The van der Waals surface area contributed by atoms with E-state index < -0.39 is 0 Å². The number of nitrogens with zero attached hydrogens (tertiary/aromatic N) is 2. The van der Waals surface area contributed by atoms with E-state index in [4.69, 9.17) is 0 Å². The number of para-hydroxylation sites is 1. The van der Waals surface area contributed by atoms with Gasteiger partial charge in [-0.15, -0.1) is 22.7 Å². The summed E-state index contributed by atoms with van der Waals surface area (Å²) >= 11 is 3.86. The van der Waals surface area contributed by atoms with Crippen LogP contribution >= 0.6 is 22.7 Å². The van der Waals surface area contributed by atoms with Crippen molar-refractivity contribution in [3.05, 3.63) is 151 Å². The van der Waals surface area contributed by atoms with E-state index in [1.165, 1.54) is 118 Å². The lowest BCUT2D eigenvalue weighted by molar-refractivity contribution is 1.18. The van der Waals surface area contributed by atoms with Gasteiger partial charge in [-0.25, -0.2) is 0 Å². The van der Waals surface area contributed by atoms with Crippen molar-refractivity contribution in [2.45, 2.75) is 6.92 Å². The normalized spacial score (nSPS) is 13.4. The summed E-state index contributed by atoms with van der Waals surface area (Å²) in [5.41, 5.74) is 13.2. The highest BCUT2D eigenvalue weighted by Gasteiger charge is 2.45. The first-order valence-corrected chi connectivity index (χ1v) is 19.6. The van der Waals surface area contributed by atoms with E-state index in [0.717, 1.165) is 0 Å². The molecule has 2 aliphatic heterocycles. The van der Waals surface area contributed by atoms with Gasteiger partial charge in [0.2, 0.25) is 0 Å². The zero-order chi connectivity index (χ0) is 33.8. The first kappa shape index (κ1) is 27.8. The van der Waals surface area contributed by atoms with Crippen molar-refractivity contribution in [1.29, 1.82) is 0 Å². The Labute approximate surface area is 307 Å². The molecule has 0 unspecified atom stereocenters. The molecule has 0 saturated heterocycles. The molecule has 11 aromatic rings. The number of aryl methyl sites for hydroxylation is 1. The van der Waals surface area contributed by atoms with E-state index in [1.807, 2.05) is 22.7 Å². The van der Waals surface area contributed by atoms with Crippen LogP contribution in [0.3, 0.4) is 0 Å². The summed E-state index contributed by atoms with van der Waals surface area (Å²) in [7, 11) is 0. The van der Waals surface area contributed by atoms with E-state index in [2.05, 4.69) is 162 Å². The number of thiophene rings is 2. The van der Waals surface area contributed by atoms with Crippen LogP contribution in [0, 0.1) is 6.92 Å². The average molecular weight is 695 g/mol. The third-order valence-corrected chi connectivity index (χ3v) is 14.2. The van der Waals surface area contributed by atoms with Crippen molar-refractivity contribution in [2.24, 2.45) is 0 Å². The molecule has 240 valence electrons. The third kappa shape index (κ3) is 3.32. The zero-order valence-corrected chi connectivity index (χ0v) is 29.8. The largest absolute Gasteiger partial charge is 0.375 e. The molecule has 13 rings (SSSR count). The number of rotatable bonds is 1. The maximum Gasteiger partial charge on any atom is 0.333 e. The van der Waals surface area contributed by atoms with Gasteiger partial charge in [-0.3, -0.25) is 0 Å². The minimum atomic E-state index is -0.00693. The first-order chi connectivity index (χ1) is 25.7. The number of hydrogen-bond donors (Lipinski definition) is 0. The fourth-order valence-corrected chi connectivity index (χ4v) is 12.2. The molecule has 0 saturated carbocycles. The Hall–Kier alpha value is -5.88. The van der Waals surface area contributed by atoms with Crippen LogP contribution in [0.25, 0.3) is 89.7 Å². The predicted molar refractivity (Wildman–Crippen MR) is 228 cm³/mol. The van der Waals surface area contributed by atoms with Crippen molar-refractivity contribution in [3.8, 4) is 16.8 Å². The monoisotopic (exact) mass is 694 g/mol. The molecule has 0 bridgehead atoms. The highest BCUT2D eigenvalue weighted by molar-refractivity contribution is 7.27. The minimum Gasteiger partial charge on any atom is -0.375 e. The van der Waals surface area contributed by atoms with E-state index in [-0.39, 0.29) is 6.85 Å². The van der Waals surface area contributed by atoms with E-state index in [9.17, 15) is 0 Å². The van der Waals surface area contributed by atoms with E-state index >= 15 is 0 Å².